The van der Waals surface area contributed by atoms with Crippen LogP contribution in [-0.2, 0) is 0 Å². The van der Waals surface area contributed by atoms with Crippen molar-refractivity contribution in [2.45, 2.75) is 63.5 Å². The number of carboxylic acids is 1. The Morgan fingerprint density at radius 3 is 2.49 bits per heavy atom. The zero-order valence-corrected chi connectivity index (χ0v) is 21.9. The maximum Gasteiger partial charge on any atom is 0.336 e. The van der Waals surface area contributed by atoms with E-state index in [9.17, 15) is 14.7 Å². The highest BCUT2D eigenvalue weighted by Gasteiger charge is 2.37. The summed E-state index contributed by atoms with van der Waals surface area (Å²) in [6, 6.07) is 12.1. The summed E-state index contributed by atoms with van der Waals surface area (Å²) in [7, 11) is 0. The summed E-state index contributed by atoms with van der Waals surface area (Å²) in [5.41, 5.74) is 2.28. The monoisotopic (exact) mass is 524 g/mol. The normalized spacial score (nSPS) is 22.1. The van der Waals surface area contributed by atoms with Gasteiger partial charge >= 0.3 is 5.97 Å². The number of pyridine rings is 2. The van der Waals surface area contributed by atoms with E-state index < -0.39 is 5.97 Å². The number of nitrogens with zero attached hydrogens (tertiary/aromatic N) is 4. The number of aromatic carboxylic acids is 1. The minimum absolute atomic E-state index is 0.154. The zero-order valence-electron chi connectivity index (χ0n) is 21.9. The number of hydrogen-bond acceptors (Lipinski definition) is 7. The summed E-state index contributed by atoms with van der Waals surface area (Å²) < 4.78 is 1.49. The van der Waals surface area contributed by atoms with Crippen molar-refractivity contribution in [2.75, 3.05) is 10.6 Å². The Kier molecular flexibility index (Phi) is 6.72. The summed E-state index contributed by atoms with van der Waals surface area (Å²) in [6.07, 6.45) is 12.3. The molecule has 0 spiro atoms. The summed E-state index contributed by atoms with van der Waals surface area (Å²) in [6.45, 7) is 2.24. The molecule has 0 saturated heterocycles. The van der Waals surface area contributed by atoms with Crippen LogP contribution in [0.15, 0.2) is 65.8 Å². The third kappa shape index (κ3) is 5.21. The van der Waals surface area contributed by atoms with Crippen molar-refractivity contribution < 1.29 is 9.90 Å². The number of rotatable bonds is 9. The fourth-order valence-corrected chi connectivity index (χ4v) is 5.91. The van der Waals surface area contributed by atoms with E-state index in [1.807, 2.05) is 24.5 Å². The van der Waals surface area contributed by atoms with Crippen molar-refractivity contribution in [3.05, 3.63) is 82.5 Å². The van der Waals surface area contributed by atoms with Crippen LogP contribution in [0.25, 0.3) is 16.6 Å². The lowest BCUT2D eigenvalue weighted by Crippen LogP contribution is -2.22. The van der Waals surface area contributed by atoms with E-state index in [-0.39, 0.29) is 17.2 Å². The molecule has 2 unspecified atom stereocenters. The van der Waals surface area contributed by atoms with E-state index in [0.29, 0.717) is 34.5 Å². The first-order chi connectivity index (χ1) is 19.0. The Labute approximate surface area is 226 Å². The Hall–Kier alpha value is -4.27. The highest BCUT2D eigenvalue weighted by molar-refractivity contribution is 6.02. The van der Waals surface area contributed by atoms with Crippen molar-refractivity contribution in [3.63, 3.8) is 0 Å². The molecule has 9 nitrogen and oxygen atoms in total. The van der Waals surface area contributed by atoms with Gasteiger partial charge in [0.1, 0.15) is 5.82 Å². The molecule has 0 aliphatic heterocycles. The van der Waals surface area contributed by atoms with Crippen molar-refractivity contribution in [1.82, 2.24) is 19.5 Å². The van der Waals surface area contributed by atoms with Crippen LogP contribution in [0.3, 0.4) is 0 Å². The highest BCUT2D eigenvalue weighted by Crippen LogP contribution is 2.49. The van der Waals surface area contributed by atoms with Crippen molar-refractivity contribution in [2.24, 2.45) is 5.92 Å². The predicted molar refractivity (Wildman–Crippen MR) is 151 cm³/mol. The van der Waals surface area contributed by atoms with Crippen LogP contribution >= 0.6 is 0 Å². The maximum atomic E-state index is 12.7. The predicted octanol–water partition coefficient (Wildman–Crippen LogP) is 5.22. The minimum Gasteiger partial charge on any atom is -0.478 e. The molecule has 0 radical (unpaired) electrons. The maximum absolute atomic E-state index is 12.7. The SMILES string of the molecule is CCCC1CC1c1cnc(N[C@H]2CC[C@H](Nc3ccc(-n4c(=O)ccc5c(C(=O)O)cccc54)cn3)C2)nc1. The lowest BCUT2D eigenvalue weighted by atomic mass is 10.1. The molecule has 3 heterocycles. The quantitative estimate of drug-likeness (QED) is 0.272. The first-order valence-corrected chi connectivity index (χ1v) is 13.7. The number of carboxylic acid groups (broad SMARTS) is 1. The van der Waals surface area contributed by atoms with Crippen LogP contribution in [0.1, 0.15) is 67.3 Å². The third-order valence-electron chi connectivity index (χ3n) is 7.97. The third-order valence-corrected chi connectivity index (χ3v) is 7.97. The van der Waals surface area contributed by atoms with Gasteiger partial charge < -0.3 is 15.7 Å². The second kappa shape index (κ2) is 10.5. The topological polar surface area (TPSA) is 122 Å². The van der Waals surface area contributed by atoms with Gasteiger partial charge in [0.15, 0.2) is 0 Å². The molecule has 3 N–H and O–H groups in total. The van der Waals surface area contributed by atoms with E-state index in [0.717, 1.165) is 31.0 Å². The molecule has 6 rings (SSSR count). The van der Waals surface area contributed by atoms with E-state index in [1.165, 1.54) is 41.5 Å². The molecule has 0 amide bonds. The van der Waals surface area contributed by atoms with Gasteiger partial charge in [-0.05, 0) is 73.4 Å². The van der Waals surface area contributed by atoms with Crippen molar-refractivity contribution >= 4 is 28.6 Å². The summed E-state index contributed by atoms with van der Waals surface area (Å²) in [5, 5.41) is 17.0. The van der Waals surface area contributed by atoms with Crippen LogP contribution in [0, 0.1) is 5.92 Å². The van der Waals surface area contributed by atoms with E-state index in [2.05, 4.69) is 32.5 Å². The van der Waals surface area contributed by atoms with Crippen LogP contribution in [0.2, 0.25) is 0 Å². The largest absolute Gasteiger partial charge is 0.478 e. The molecule has 0 bridgehead atoms. The fourth-order valence-electron chi connectivity index (χ4n) is 5.91. The molecule has 1 aromatic carbocycles. The molecule has 2 fully saturated rings. The molecule has 9 heteroatoms. The van der Waals surface area contributed by atoms with Gasteiger partial charge in [0.05, 0.1) is 23.0 Å². The molecule has 4 aromatic rings. The Bertz CT molecular complexity index is 1550. The average Bonchev–Trinajstić information content (AvgIpc) is 3.58. The Morgan fingerprint density at radius 2 is 1.77 bits per heavy atom. The standard InChI is InChI=1S/C30H32N6O3/c1-2-4-18-13-25(18)19-15-32-30(33-16-19)35-21-8-7-20(14-21)34-27-11-9-22(17-31-27)36-26-6-3-5-24(29(38)39)23(26)10-12-28(36)37/h3,5-6,9-12,15-18,20-21,25H,2,4,7-8,13-14H2,1H3,(H,31,34)(H,38,39)(H,32,33,35)/t18?,20-,21-,25?/m0/s1. The Balaban J connectivity index is 1.09. The zero-order chi connectivity index (χ0) is 26.9. The number of benzene rings is 1. The highest BCUT2D eigenvalue weighted by atomic mass is 16.4. The average molecular weight is 525 g/mol. The van der Waals surface area contributed by atoms with Gasteiger partial charge in [-0.2, -0.15) is 0 Å². The number of nitrogens with one attached hydrogen (secondary N) is 2. The summed E-state index contributed by atoms with van der Waals surface area (Å²) >= 11 is 0. The summed E-state index contributed by atoms with van der Waals surface area (Å²) in [4.78, 5) is 38.0. The van der Waals surface area contributed by atoms with Gasteiger partial charge in [0.25, 0.3) is 5.56 Å². The molecule has 2 saturated carbocycles. The lowest BCUT2D eigenvalue weighted by Gasteiger charge is -2.16. The van der Waals surface area contributed by atoms with Gasteiger partial charge in [0.2, 0.25) is 5.95 Å². The van der Waals surface area contributed by atoms with E-state index in [4.69, 9.17) is 0 Å². The van der Waals surface area contributed by atoms with Crippen LogP contribution in [0.5, 0.6) is 0 Å². The van der Waals surface area contributed by atoms with Gasteiger partial charge in [-0.3, -0.25) is 9.36 Å². The van der Waals surface area contributed by atoms with Gasteiger partial charge in [-0.1, -0.05) is 25.8 Å². The van der Waals surface area contributed by atoms with Gasteiger partial charge in [-0.25, -0.2) is 19.7 Å². The number of carbonyl (C=O) groups is 1. The van der Waals surface area contributed by atoms with Crippen LogP contribution < -0.4 is 16.2 Å². The second-order valence-electron chi connectivity index (χ2n) is 10.7. The molecular formula is C30H32N6O3. The smallest absolute Gasteiger partial charge is 0.336 e. The number of anilines is 2. The lowest BCUT2D eigenvalue weighted by molar-refractivity contribution is 0.0699. The van der Waals surface area contributed by atoms with E-state index >= 15 is 0 Å². The Morgan fingerprint density at radius 1 is 0.974 bits per heavy atom. The number of fused-ring (bicyclic) bond motifs is 1. The molecule has 2 aliphatic carbocycles. The fraction of sp³-hybridized carbons (Fsp3) is 0.367. The van der Waals surface area contributed by atoms with Crippen molar-refractivity contribution in [3.8, 4) is 5.69 Å². The molecule has 3 aromatic heterocycles. The first kappa shape index (κ1) is 25.0. The molecular weight excluding hydrogens is 492 g/mol. The number of hydrogen-bond donors (Lipinski definition) is 3. The molecule has 2 aliphatic rings. The van der Waals surface area contributed by atoms with Crippen molar-refractivity contribution in [1.29, 1.82) is 0 Å². The molecule has 4 atom stereocenters. The second-order valence-corrected chi connectivity index (χ2v) is 10.7. The van der Waals surface area contributed by atoms with Crippen LogP contribution in [-0.4, -0.2) is 42.7 Å². The summed E-state index contributed by atoms with van der Waals surface area (Å²) in [5.74, 6) is 1.83. The molecule has 39 heavy (non-hydrogen) atoms. The first-order valence-electron chi connectivity index (χ1n) is 13.7. The van der Waals surface area contributed by atoms with Gasteiger partial charge in [-0.15, -0.1) is 0 Å². The van der Waals surface area contributed by atoms with E-state index in [1.54, 1.807) is 24.4 Å². The van der Waals surface area contributed by atoms with Gasteiger partial charge in [0, 0.05) is 35.9 Å². The van der Waals surface area contributed by atoms with Crippen LogP contribution in [0.4, 0.5) is 11.8 Å². The molecule has 200 valence electrons. The number of aromatic nitrogens is 4. The minimum atomic E-state index is -1.03.